The molecular weight excluding hydrogens is 477 g/mol. The Balaban J connectivity index is 1.86. The van der Waals surface area contributed by atoms with Crippen molar-refractivity contribution in [3.05, 3.63) is 82.8 Å². The molecule has 3 aromatic rings. The highest BCUT2D eigenvalue weighted by Crippen LogP contribution is 2.50. The molecule has 38 heavy (non-hydrogen) atoms. The number of carbonyl (C=O) groups is 1. The van der Waals surface area contributed by atoms with E-state index in [1.165, 1.54) is 0 Å². The van der Waals surface area contributed by atoms with Crippen molar-refractivity contribution in [2.24, 2.45) is 5.41 Å². The molecule has 0 aromatic heterocycles. The third kappa shape index (κ3) is 3.99. The lowest BCUT2D eigenvalue weighted by Crippen LogP contribution is -2.58. The van der Waals surface area contributed by atoms with Gasteiger partial charge >= 0.3 is 0 Å². The summed E-state index contributed by atoms with van der Waals surface area (Å²) in [6, 6.07) is 15.1. The number of carbonyl (C=O) groups excluding carboxylic acids is 1. The first kappa shape index (κ1) is 25.7. The van der Waals surface area contributed by atoms with Gasteiger partial charge in [-0.1, -0.05) is 57.2 Å². The van der Waals surface area contributed by atoms with E-state index in [9.17, 15) is 15.2 Å². The summed E-state index contributed by atoms with van der Waals surface area (Å²) in [5, 5.41) is 27.9. The minimum atomic E-state index is -0.770. The largest absolute Gasteiger partial charge is 0.508 e. The number of hydrogen-bond donors (Lipinski definition) is 3. The number of aryl methyl sites for hydroxylation is 1. The van der Waals surface area contributed by atoms with Gasteiger partial charge in [0.15, 0.2) is 0 Å². The summed E-state index contributed by atoms with van der Waals surface area (Å²) < 4.78 is 17.0. The summed E-state index contributed by atoms with van der Waals surface area (Å²) in [5.74, 6) is -0.385. The molecule has 0 bridgehead atoms. The summed E-state index contributed by atoms with van der Waals surface area (Å²) in [6.07, 6.45) is 2.41. The molecule has 3 aromatic carbocycles. The minimum absolute atomic E-state index is 0.0553. The van der Waals surface area contributed by atoms with Crippen LogP contribution < -0.4 is 10.6 Å². The summed E-state index contributed by atoms with van der Waals surface area (Å²) in [7, 11) is 0. The third-order valence-electron chi connectivity index (χ3n) is 7.88. The van der Waals surface area contributed by atoms with E-state index >= 15 is 4.39 Å². The van der Waals surface area contributed by atoms with Crippen LogP contribution in [0.4, 0.5) is 4.39 Å². The lowest BCUT2D eigenvalue weighted by atomic mass is 9.70. The van der Waals surface area contributed by atoms with Crippen LogP contribution in [0.1, 0.15) is 49.8 Å². The molecule has 2 aliphatic rings. The standard InChI is InChI=1S/C32H32FN3O2/c1-4-9-24-26(28-30(19(3)5-2)36-31(38)32(28)17-35-18-32)15-21(11-8-13-34)27(29(24)33)25-16-22(37)14-20-10-6-7-12-23(20)25/h6-7,10,12,14-16,35,37H,3-5,8-9,11,17-18H2,1-2H3,(H,36,38). The van der Waals surface area contributed by atoms with E-state index in [-0.39, 0.29) is 23.9 Å². The molecule has 5 nitrogen and oxygen atoms in total. The molecule has 1 spiro atoms. The fourth-order valence-electron chi connectivity index (χ4n) is 5.84. The van der Waals surface area contributed by atoms with E-state index in [1.807, 2.05) is 44.2 Å². The van der Waals surface area contributed by atoms with Gasteiger partial charge in [-0.05, 0) is 70.0 Å². The van der Waals surface area contributed by atoms with Gasteiger partial charge in [0.05, 0.1) is 6.07 Å². The van der Waals surface area contributed by atoms with Crippen LogP contribution in [0.25, 0.3) is 27.5 Å². The Hall–Kier alpha value is -3.95. The van der Waals surface area contributed by atoms with Gasteiger partial charge in [0, 0.05) is 36.3 Å². The second kappa shape index (κ2) is 10.1. The number of amides is 1. The Bertz CT molecular complexity index is 1540. The molecule has 6 heteroatoms. The average Bonchev–Trinajstić information content (AvgIpc) is 3.21. The number of phenols is 1. The quantitative estimate of drug-likeness (QED) is 0.340. The number of fused-ring (bicyclic) bond motifs is 1. The monoisotopic (exact) mass is 509 g/mol. The Morgan fingerprint density at radius 2 is 1.92 bits per heavy atom. The van der Waals surface area contributed by atoms with Crippen LogP contribution in [0, 0.1) is 22.6 Å². The number of nitrogens with one attached hydrogen (secondary N) is 2. The van der Waals surface area contributed by atoms with Crippen molar-refractivity contribution in [1.82, 2.24) is 10.6 Å². The molecule has 2 aliphatic heterocycles. The van der Waals surface area contributed by atoms with Crippen LogP contribution in [0.5, 0.6) is 5.75 Å². The predicted molar refractivity (Wildman–Crippen MR) is 149 cm³/mol. The van der Waals surface area contributed by atoms with E-state index in [4.69, 9.17) is 0 Å². The third-order valence-corrected chi connectivity index (χ3v) is 7.88. The van der Waals surface area contributed by atoms with Crippen molar-refractivity contribution in [1.29, 1.82) is 5.26 Å². The van der Waals surface area contributed by atoms with Crippen LogP contribution in [0.15, 0.2) is 60.3 Å². The Morgan fingerprint density at radius 1 is 1.16 bits per heavy atom. The zero-order valence-electron chi connectivity index (χ0n) is 21.9. The van der Waals surface area contributed by atoms with Gasteiger partial charge < -0.3 is 15.7 Å². The van der Waals surface area contributed by atoms with Crippen molar-refractivity contribution in [2.75, 3.05) is 13.1 Å². The summed E-state index contributed by atoms with van der Waals surface area (Å²) >= 11 is 0. The Kier molecular flexibility index (Phi) is 6.81. The highest BCUT2D eigenvalue weighted by atomic mass is 19.1. The van der Waals surface area contributed by atoms with Crippen molar-refractivity contribution >= 4 is 22.3 Å². The molecule has 0 saturated carbocycles. The van der Waals surface area contributed by atoms with Crippen LogP contribution in [0.2, 0.25) is 0 Å². The number of aromatic hydroxyl groups is 1. The Morgan fingerprint density at radius 3 is 2.58 bits per heavy atom. The number of allylic oxidation sites excluding steroid dienone is 1. The molecule has 0 atom stereocenters. The molecule has 5 rings (SSSR count). The van der Waals surface area contributed by atoms with Gasteiger partial charge in [0.1, 0.15) is 17.0 Å². The van der Waals surface area contributed by atoms with Gasteiger partial charge in [-0.3, -0.25) is 4.79 Å². The SMILES string of the molecule is C=C(CC)C1=C(c2cc(CCC#N)c(-c3cc(O)cc4ccccc34)c(F)c2CCC)C2(CNC2)C(=O)N1. The maximum absolute atomic E-state index is 17.0. The summed E-state index contributed by atoms with van der Waals surface area (Å²) in [5.41, 5.74) is 4.50. The highest BCUT2D eigenvalue weighted by Gasteiger charge is 2.54. The maximum Gasteiger partial charge on any atom is 0.237 e. The first-order chi connectivity index (χ1) is 18.4. The lowest BCUT2D eigenvalue weighted by Gasteiger charge is -2.40. The first-order valence-electron chi connectivity index (χ1n) is 13.2. The van der Waals surface area contributed by atoms with Crippen molar-refractivity contribution in [2.45, 2.75) is 46.0 Å². The molecule has 1 fully saturated rings. The second-order valence-corrected chi connectivity index (χ2v) is 10.2. The van der Waals surface area contributed by atoms with Gasteiger partial charge in [-0.25, -0.2) is 4.39 Å². The van der Waals surface area contributed by atoms with Crippen LogP contribution >= 0.6 is 0 Å². The fourth-order valence-corrected chi connectivity index (χ4v) is 5.84. The highest BCUT2D eigenvalue weighted by molar-refractivity contribution is 6.07. The minimum Gasteiger partial charge on any atom is -0.508 e. The zero-order valence-corrected chi connectivity index (χ0v) is 21.9. The topological polar surface area (TPSA) is 85.2 Å². The molecule has 2 heterocycles. The molecule has 0 aliphatic carbocycles. The molecule has 194 valence electrons. The van der Waals surface area contributed by atoms with E-state index in [0.717, 1.165) is 27.5 Å². The second-order valence-electron chi connectivity index (χ2n) is 10.2. The average molecular weight is 510 g/mol. The van der Waals surface area contributed by atoms with Crippen molar-refractivity contribution in [3.8, 4) is 22.9 Å². The Labute approximate surface area is 222 Å². The van der Waals surface area contributed by atoms with E-state index < -0.39 is 5.41 Å². The number of phenolic OH excluding ortho intramolecular Hbond substituents is 1. The number of nitriles is 1. The van der Waals surface area contributed by atoms with Crippen molar-refractivity contribution < 1.29 is 14.3 Å². The smallest absolute Gasteiger partial charge is 0.237 e. The van der Waals surface area contributed by atoms with E-state index in [0.29, 0.717) is 66.7 Å². The number of halogens is 1. The van der Waals surface area contributed by atoms with Crippen molar-refractivity contribution in [3.63, 3.8) is 0 Å². The van der Waals surface area contributed by atoms with E-state index in [1.54, 1.807) is 12.1 Å². The molecule has 1 saturated heterocycles. The summed E-state index contributed by atoms with van der Waals surface area (Å²) in [6.45, 7) is 9.17. The van der Waals surface area contributed by atoms with Crippen LogP contribution in [-0.2, 0) is 17.6 Å². The van der Waals surface area contributed by atoms with Gasteiger partial charge in [0.25, 0.3) is 0 Å². The summed E-state index contributed by atoms with van der Waals surface area (Å²) in [4.78, 5) is 13.3. The lowest BCUT2D eigenvalue weighted by molar-refractivity contribution is -0.128. The number of nitrogens with zero attached hydrogens (tertiary/aromatic N) is 1. The number of benzene rings is 3. The van der Waals surface area contributed by atoms with Gasteiger partial charge in [-0.15, -0.1) is 0 Å². The normalized spacial score (nSPS) is 16.0. The maximum atomic E-state index is 17.0. The fraction of sp³-hybridized carbons (Fsp3) is 0.312. The molecule has 0 unspecified atom stereocenters. The van der Waals surface area contributed by atoms with Crippen LogP contribution in [-0.4, -0.2) is 24.1 Å². The van der Waals surface area contributed by atoms with Crippen LogP contribution in [0.3, 0.4) is 0 Å². The number of rotatable bonds is 8. The zero-order chi connectivity index (χ0) is 27.0. The molecule has 0 radical (unpaired) electrons. The molecule has 3 N–H and O–H groups in total. The first-order valence-corrected chi connectivity index (χ1v) is 13.2. The molecular formula is C32H32FN3O2. The predicted octanol–water partition coefficient (Wildman–Crippen LogP) is 6.16. The number of hydrogen-bond acceptors (Lipinski definition) is 4. The van der Waals surface area contributed by atoms with E-state index in [2.05, 4.69) is 23.3 Å². The molecule has 1 amide bonds. The van der Waals surface area contributed by atoms with Gasteiger partial charge in [-0.2, -0.15) is 5.26 Å². The van der Waals surface area contributed by atoms with Gasteiger partial charge in [0.2, 0.25) is 5.91 Å².